The van der Waals surface area contributed by atoms with Crippen LogP contribution in [0.2, 0.25) is 0 Å². The quantitative estimate of drug-likeness (QED) is 0.853. The topological polar surface area (TPSA) is 45.4 Å². The molecular weight excluding hydrogens is 212 g/mol. The van der Waals surface area contributed by atoms with Crippen LogP contribution in [0.25, 0.3) is 0 Å². The Kier molecular flexibility index (Phi) is 3.97. The SMILES string of the molecule is CCC1CN(Cc2ccnc(N)c2)CCN1C. The van der Waals surface area contributed by atoms with E-state index in [1.165, 1.54) is 12.0 Å². The van der Waals surface area contributed by atoms with Crippen LogP contribution in [0.3, 0.4) is 0 Å². The number of rotatable bonds is 3. The third-order valence-corrected chi connectivity index (χ3v) is 3.58. The molecule has 94 valence electrons. The van der Waals surface area contributed by atoms with E-state index in [1.54, 1.807) is 6.20 Å². The maximum atomic E-state index is 5.70. The van der Waals surface area contributed by atoms with Gasteiger partial charge in [-0.25, -0.2) is 4.98 Å². The van der Waals surface area contributed by atoms with Gasteiger partial charge in [-0.2, -0.15) is 0 Å². The zero-order chi connectivity index (χ0) is 12.3. The molecule has 4 heteroatoms. The van der Waals surface area contributed by atoms with Gasteiger partial charge in [0.1, 0.15) is 5.82 Å². The van der Waals surface area contributed by atoms with Crippen molar-refractivity contribution < 1.29 is 0 Å². The van der Waals surface area contributed by atoms with Crippen LogP contribution in [0, 0.1) is 0 Å². The standard InChI is InChI=1S/C13H22N4/c1-3-12-10-17(7-6-16(12)2)9-11-4-5-15-13(14)8-11/h4-5,8,12H,3,6-7,9-10H2,1-2H3,(H2,14,15). The average molecular weight is 234 g/mol. The normalized spacial score (nSPS) is 22.8. The minimum absolute atomic E-state index is 0.615. The number of piperazine rings is 1. The maximum Gasteiger partial charge on any atom is 0.123 e. The Bertz CT molecular complexity index is 366. The van der Waals surface area contributed by atoms with Crippen molar-refractivity contribution in [2.24, 2.45) is 0 Å². The molecule has 2 N–H and O–H groups in total. The molecule has 1 fully saturated rings. The predicted octanol–water partition coefficient (Wildman–Crippen LogP) is 1.19. The smallest absolute Gasteiger partial charge is 0.123 e. The summed E-state index contributed by atoms with van der Waals surface area (Å²) in [6.07, 6.45) is 3.00. The molecule has 1 aliphatic rings. The van der Waals surface area contributed by atoms with Crippen LogP contribution < -0.4 is 5.73 Å². The highest BCUT2D eigenvalue weighted by Crippen LogP contribution is 2.14. The number of likely N-dealkylation sites (N-methyl/N-ethyl adjacent to an activating group) is 1. The molecule has 2 rings (SSSR count). The second-order valence-corrected chi connectivity index (χ2v) is 4.87. The van der Waals surface area contributed by atoms with Crippen molar-refractivity contribution in [1.29, 1.82) is 0 Å². The van der Waals surface area contributed by atoms with E-state index in [9.17, 15) is 0 Å². The van der Waals surface area contributed by atoms with Gasteiger partial charge in [0.25, 0.3) is 0 Å². The lowest BCUT2D eigenvalue weighted by Gasteiger charge is -2.39. The van der Waals surface area contributed by atoms with Crippen LogP contribution in [0.1, 0.15) is 18.9 Å². The number of hydrogen-bond acceptors (Lipinski definition) is 4. The second kappa shape index (κ2) is 5.47. The third kappa shape index (κ3) is 3.17. The van der Waals surface area contributed by atoms with Crippen molar-refractivity contribution in [3.05, 3.63) is 23.9 Å². The number of nitrogens with zero attached hydrogens (tertiary/aromatic N) is 3. The maximum absolute atomic E-state index is 5.70. The fraction of sp³-hybridized carbons (Fsp3) is 0.615. The Morgan fingerprint density at radius 1 is 1.47 bits per heavy atom. The van der Waals surface area contributed by atoms with Gasteiger partial charge >= 0.3 is 0 Å². The van der Waals surface area contributed by atoms with Crippen molar-refractivity contribution in [2.45, 2.75) is 25.9 Å². The molecule has 0 radical (unpaired) electrons. The number of pyridine rings is 1. The Hall–Kier alpha value is -1.13. The van der Waals surface area contributed by atoms with E-state index in [2.05, 4.69) is 34.8 Å². The number of hydrogen-bond donors (Lipinski definition) is 1. The first-order chi connectivity index (χ1) is 8.19. The lowest BCUT2D eigenvalue weighted by atomic mass is 10.1. The predicted molar refractivity (Wildman–Crippen MR) is 70.6 cm³/mol. The van der Waals surface area contributed by atoms with Crippen LogP contribution in [0.15, 0.2) is 18.3 Å². The van der Waals surface area contributed by atoms with Gasteiger partial charge in [0.2, 0.25) is 0 Å². The van der Waals surface area contributed by atoms with Gasteiger partial charge in [-0.05, 0) is 31.2 Å². The molecule has 0 amide bonds. The summed E-state index contributed by atoms with van der Waals surface area (Å²) in [6.45, 7) is 6.68. The molecule has 0 spiro atoms. The number of aromatic nitrogens is 1. The molecule has 0 bridgehead atoms. The molecule has 1 aliphatic heterocycles. The van der Waals surface area contributed by atoms with E-state index >= 15 is 0 Å². The molecule has 0 saturated carbocycles. The second-order valence-electron chi connectivity index (χ2n) is 4.87. The summed E-state index contributed by atoms with van der Waals surface area (Å²) in [4.78, 5) is 8.99. The van der Waals surface area contributed by atoms with Crippen molar-refractivity contribution in [3.8, 4) is 0 Å². The van der Waals surface area contributed by atoms with Crippen molar-refractivity contribution in [2.75, 3.05) is 32.4 Å². The van der Waals surface area contributed by atoms with Gasteiger partial charge in [-0.3, -0.25) is 4.90 Å². The Labute approximate surface area is 103 Å². The van der Waals surface area contributed by atoms with Gasteiger partial charge < -0.3 is 10.6 Å². The first-order valence-corrected chi connectivity index (χ1v) is 6.32. The summed E-state index contributed by atoms with van der Waals surface area (Å²) in [5, 5.41) is 0. The first-order valence-electron chi connectivity index (χ1n) is 6.32. The number of nitrogen functional groups attached to an aromatic ring is 1. The highest BCUT2D eigenvalue weighted by Gasteiger charge is 2.22. The fourth-order valence-corrected chi connectivity index (χ4v) is 2.45. The molecule has 1 aromatic heterocycles. The number of anilines is 1. The molecule has 0 aliphatic carbocycles. The summed E-state index contributed by atoms with van der Waals surface area (Å²) in [5.74, 6) is 0.615. The molecule has 1 saturated heterocycles. The monoisotopic (exact) mass is 234 g/mol. The molecule has 1 atom stereocenters. The zero-order valence-corrected chi connectivity index (χ0v) is 10.8. The van der Waals surface area contributed by atoms with Gasteiger partial charge in [-0.15, -0.1) is 0 Å². The van der Waals surface area contributed by atoms with Crippen molar-refractivity contribution in [1.82, 2.24) is 14.8 Å². The highest BCUT2D eigenvalue weighted by atomic mass is 15.3. The minimum Gasteiger partial charge on any atom is -0.384 e. The summed E-state index contributed by atoms with van der Waals surface area (Å²) < 4.78 is 0. The van der Waals surface area contributed by atoms with Crippen LogP contribution in [-0.2, 0) is 6.54 Å². The Morgan fingerprint density at radius 2 is 2.29 bits per heavy atom. The molecule has 4 nitrogen and oxygen atoms in total. The zero-order valence-electron chi connectivity index (χ0n) is 10.8. The van der Waals surface area contributed by atoms with Crippen LogP contribution >= 0.6 is 0 Å². The van der Waals surface area contributed by atoms with E-state index < -0.39 is 0 Å². The van der Waals surface area contributed by atoms with E-state index in [1.807, 2.05) is 6.07 Å². The average Bonchev–Trinajstić information content (AvgIpc) is 2.32. The fourth-order valence-electron chi connectivity index (χ4n) is 2.45. The van der Waals surface area contributed by atoms with Gasteiger partial charge in [0.15, 0.2) is 0 Å². The largest absolute Gasteiger partial charge is 0.384 e. The molecule has 0 aromatic carbocycles. The van der Waals surface area contributed by atoms with Gasteiger partial charge in [0, 0.05) is 38.4 Å². The van der Waals surface area contributed by atoms with Crippen LogP contribution in [0.4, 0.5) is 5.82 Å². The summed E-state index contributed by atoms with van der Waals surface area (Å²) in [7, 11) is 2.22. The third-order valence-electron chi connectivity index (χ3n) is 3.58. The summed E-state index contributed by atoms with van der Waals surface area (Å²) in [6, 6.07) is 4.71. The van der Waals surface area contributed by atoms with Crippen LogP contribution in [-0.4, -0.2) is 47.5 Å². The minimum atomic E-state index is 0.615. The van der Waals surface area contributed by atoms with Gasteiger partial charge in [0.05, 0.1) is 0 Å². The van der Waals surface area contributed by atoms with Crippen molar-refractivity contribution >= 4 is 5.82 Å². The Balaban J connectivity index is 1.95. The molecule has 1 aromatic rings. The van der Waals surface area contributed by atoms with Crippen molar-refractivity contribution in [3.63, 3.8) is 0 Å². The highest BCUT2D eigenvalue weighted by molar-refractivity contribution is 5.31. The lowest BCUT2D eigenvalue weighted by molar-refractivity contribution is 0.0884. The van der Waals surface area contributed by atoms with E-state index in [0.717, 1.165) is 26.2 Å². The number of nitrogens with two attached hydrogens (primary N) is 1. The first kappa shape index (κ1) is 12.3. The van der Waals surface area contributed by atoms with E-state index in [-0.39, 0.29) is 0 Å². The molecule has 1 unspecified atom stereocenters. The van der Waals surface area contributed by atoms with Gasteiger partial charge in [-0.1, -0.05) is 6.92 Å². The summed E-state index contributed by atoms with van der Waals surface area (Å²) >= 11 is 0. The lowest BCUT2D eigenvalue weighted by Crippen LogP contribution is -2.50. The van der Waals surface area contributed by atoms with E-state index in [0.29, 0.717) is 11.9 Å². The Morgan fingerprint density at radius 3 is 3.00 bits per heavy atom. The molecule has 17 heavy (non-hydrogen) atoms. The van der Waals surface area contributed by atoms with E-state index in [4.69, 9.17) is 5.73 Å². The van der Waals surface area contributed by atoms with Crippen LogP contribution in [0.5, 0.6) is 0 Å². The molecular formula is C13H22N4. The molecule has 2 heterocycles. The summed E-state index contributed by atoms with van der Waals surface area (Å²) in [5.41, 5.74) is 6.96.